The Morgan fingerprint density at radius 2 is 2.55 bits per heavy atom. The van der Waals surface area contributed by atoms with E-state index in [1.54, 1.807) is 6.26 Å². The summed E-state index contributed by atoms with van der Waals surface area (Å²) in [5.74, 6) is 1.90. The van der Waals surface area contributed by atoms with Gasteiger partial charge in [-0.1, -0.05) is 0 Å². The number of thioether (sulfide) groups is 1. The van der Waals surface area contributed by atoms with Crippen LogP contribution in [0.3, 0.4) is 0 Å². The molecule has 60 valence electrons. The van der Waals surface area contributed by atoms with E-state index in [0.717, 1.165) is 5.76 Å². The number of halogens is 1. The molecule has 0 spiro atoms. The van der Waals surface area contributed by atoms with Crippen LogP contribution >= 0.6 is 23.4 Å². The fourth-order valence-electron chi connectivity index (χ4n) is 0.627. The molecule has 1 rings (SSSR count). The minimum absolute atomic E-state index is 0.318. The fraction of sp³-hybridized carbons (Fsp3) is 0.286. The van der Waals surface area contributed by atoms with Gasteiger partial charge in [-0.3, -0.25) is 4.79 Å². The number of hydrogen-bond acceptors (Lipinski definition) is 3. The smallest absolute Gasteiger partial charge is 0.231 e. The molecule has 0 amide bonds. The third kappa shape index (κ3) is 3.49. The van der Waals surface area contributed by atoms with Crippen LogP contribution in [-0.2, 0) is 10.5 Å². The molecular formula is C7H7ClO2S. The molecule has 1 aromatic rings. The van der Waals surface area contributed by atoms with E-state index < -0.39 is 0 Å². The molecule has 0 aromatic carbocycles. The van der Waals surface area contributed by atoms with Crippen LogP contribution < -0.4 is 0 Å². The molecule has 4 heteroatoms. The van der Waals surface area contributed by atoms with Crippen LogP contribution in [0, 0.1) is 0 Å². The Hall–Kier alpha value is -0.410. The van der Waals surface area contributed by atoms with E-state index in [-0.39, 0.29) is 5.24 Å². The van der Waals surface area contributed by atoms with Crippen LogP contribution in [0.4, 0.5) is 0 Å². The van der Waals surface area contributed by atoms with Gasteiger partial charge in [-0.25, -0.2) is 0 Å². The topological polar surface area (TPSA) is 30.2 Å². The summed E-state index contributed by atoms with van der Waals surface area (Å²) in [5.41, 5.74) is 0. The lowest BCUT2D eigenvalue weighted by Crippen LogP contribution is -1.89. The number of hydrogen-bond donors (Lipinski definition) is 0. The first kappa shape index (κ1) is 8.68. The van der Waals surface area contributed by atoms with Crippen molar-refractivity contribution >= 4 is 28.6 Å². The van der Waals surface area contributed by atoms with Gasteiger partial charge in [0, 0.05) is 0 Å². The van der Waals surface area contributed by atoms with Crippen molar-refractivity contribution in [3.05, 3.63) is 24.2 Å². The zero-order chi connectivity index (χ0) is 8.10. The van der Waals surface area contributed by atoms with E-state index in [0.29, 0.717) is 11.5 Å². The molecule has 0 unspecified atom stereocenters. The zero-order valence-corrected chi connectivity index (χ0v) is 7.32. The van der Waals surface area contributed by atoms with Crippen LogP contribution in [-0.4, -0.2) is 11.0 Å². The van der Waals surface area contributed by atoms with E-state index in [1.807, 2.05) is 12.1 Å². The van der Waals surface area contributed by atoms with E-state index in [1.165, 1.54) is 11.8 Å². The Morgan fingerprint density at radius 3 is 3.09 bits per heavy atom. The largest absolute Gasteiger partial charge is 0.468 e. The maximum Gasteiger partial charge on any atom is 0.231 e. The second kappa shape index (κ2) is 4.46. The Kier molecular flexibility index (Phi) is 3.52. The number of rotatable bonds is 4. The normalized spacial score (nSPS) is 9.91. The van der Waals surface area contributed by atoms with Gasteiger partial charge >= 0.3 is 0 Å². The molecule has 0 saturated heterocycles. The Balaban J connectivity index is 2.19. The van der Waals surface area contributed by atoms with Crippen LogP contribution in [0.5, 0.6) is 0 Å². The number of carbonyl (C=O) groups excluding carboxylic acids is 1. The highest BCUT2D eigenvalue weighted by atomic mass is 35.5. The summed E-state index contributed by atoms with van der Waals surface area (Å²) < 4.78 is 5.04. The molecule has 0 fully saturated rings. The molecule has 0 radical (unpaired) electrons. The minimum Gasteiger partial charge on any atom is -0.468 e. The first-order valence-corrected chi connectivity index (χ1v) is 4.61. The van der Waals surface area contributed by atoms with Crippen molar-refractivity contribution in [1.82, 2.24) is 0 Å². The summed E-state index contributed by atoms with van der Waals surface area (Å²) in [6.45, 7) is 0. The van der Waals surface area contributed by atoms with Gasteiger partial charge in [0.2, 0.25) is 5.24 Å². The summed E-state index contributed by atoms with van der Waals surface area (Å²) in [7, 11) is 0. The monoisotopic (exact) mass is 190 g/mol. The van der Waals surface area contributed by atoms with Crippen LogP contribution in [0.25, 0.3) is 0 Å². The predicted molar refractivity (Wildman–Crippen MR) is 45.7 cm³/mol. The second-order valence-electron chi connectivity index (χ2n) is 1.93. The van der Waals surface area contributed by atoms with Crippen molar-refractivity contribution in [2.75, 3.05) is 5.75 Å². The maximum atomic E-state index is 10.3. The molecule has 1 heterocycles. The van der Waals surface area contributed by atoms with E-state index in [2.05, 4.69) is 0 Å². The summed E-state index contributed by atoms with van der Waals surface area (Å²) in [6.07, 6.45) is 1.61. The highest BCUT2D eigenvalue weighted by Crippen LogP contribution is 2.12. The lowest BCUT2D eigenvalue weighted by molar-refractivity contribution is -0.109. The minimum atomic E-state index is -0.318. The maximum absolute atomic E-state index is 10.3. The van der Waals surface area contributed by atoms with Gasteiger partial charge in [0.1, 0.15) is 5.76 Å². The summed E-state index contributed by atoms with van der Waals surface area (Å²) in [4.78, 5) is 10.3. The molecule has 11 heavy (non-hydrogen) atoms. The van der Waals surface area contributed by atoms with Crippen LogP contribution in [0.15, 0.2) is 22.8 Å². The highest BCUT2D eigenvalue weighted by molar-refractivity contribution is 7.99. The highest BCUT2D eigenvalue weighted by Gasteiger charge is 1.98. The molecule has 0 N–H and O–H groups in total. The summed E-state index contributed by atoms with van der Waals surface area (Å²) in [6, 6.07) is 3.68. The van der Waals surface area contributed by atoms with Crippen molar-refractivity contribution in [2.24, 2.45) is 0 Å². The quantitative estimate of drug-likeness (QED) is 0.683. The van der Waals surface area contributed by atoms with E-state index in [4.69, 9.17) is 16.0 Å². The van der Waals surface area contributed by atoms with Gasteiger partial charge in [-0.2, -0.15) is 0 Å². The summed E-state index contributed by atoms with van der Waals surface area (Å²) >= 11 is 6.57. The van der Waals surface area contributed by atoms with Crippen molar-refractivity contribution in [3.63, 3.8) is 0 Å². The molecule has 0 aliphatic rings. The van der Waals surface area contributed by atoms with Gasteiger partial charge in [0.25, 0.3) is 0 Å². The third-order valence-corrected chi connectivity index (χ3v) is 2.29. The lowest BCUT2D eigenvalue weighted by atomic mass is 10.5. The Bertz CT molecular complexity index is 220. The molecule has 1 aromatic heterocycles. The molecule has 0 aliphatic heterocycles. The average Bonchev–Trinajstić information content (AvgIpc) is 2.39. The third-order valence-electron chi connectivity index (χ3n) is 1.04. The molecule has 2 nitrogen and oxygen atoms in total. The lowest BCUT2D eigenvalue weighted by Gasteiger charge is -1.92. The standard InChI is InChI=1S/C7H7ClO2S/c8-7(9)5-11-4-6-2-1-3-10-6/h1-3H,4-5H2. The van der Waals surface area contributed by atoms with Crippen molar-refractivity contribution in [2.45, 2.75) is 5.75 Å². The Morgan fingerprint density at radius 1 is 1.73 bits per heavy atom. The van der Waals surface area contributed by atoms with Gasteiger partial charge in [0.05, 0.1) is 17.8 Å². The molecule has 0 saturated carbocycles. The predicted octanol–water partition coefficient (Wildman–Crippen LogP) is 2.28. The zero-order valence-electron chi connectivity index (χ0n) is 5.75. The van der Waals surface area contributed by atoms with Crippen LogP contribution in [0.1, 0.15) is 5.76 Å². The number of carbonyl (C=O) groups is 1. The molecular weight excluding hydrogens is 184 g/mol. The average molecular weight is 191 g/mol. The van der Waals surface area contributed by atoms with Crippen molar-refractivity contribution in [3.8, 4) is 0 Å². The molecule has 0 atom stereocenters. The molecule has 0 bridgehead atoms. The first-order valence-electron chi connectivity index (χ1n) is 3.07. The van der Waals surface area contributed by atoms with Gasteiger partial charge in [-0.05, 0) is 23.7 Å². The SMILES string of the molecule is O=C(Cl)CSCc1ccco1. The Labute approximate surface area is 73.9 Å². The second-order valence-corrected chi connectivity index (χ2v) is 3.33. The van der Waals surface area contributed by atoms with Gasteiger partial charge < -0.3 is 4.42 Å². The summed E-state index contributed by atoms with van der Waals surface area (Å²) in [5, 5.41) is -0.318. The van der Waals surface area contributed by atoms with Gasteiger partial charge in [0.15, 0.2) is 0 Å². The number of furan rings is 1. The fourth-order valence-corrected chi connectivity index (χ4v) is 1.49. The first-order chi connectivity index (χ1) is 5.29. The van der Waals surface area contributed by atoms with Crippen LogP contribution in [0.2, 0.25) is 0 Å². The molecule has 0 aliphatic carbocycles. The van der Waals surface area contributed by atoms with Crippen molar-refractivity contribution in [1.29, 1.82) is 0 Å². The van der Waals surface area contributed by atoms with Gasteiger partial charge in [-0.15, -0.1) is 11.8 Å². The van der Waals surface area contributed by atoms with Crippen molar-refractivity contribution < 1.29 is 9.21 Å². The van der Waals surface area contributed by atoms with E-state index in [9.17, 15) is 4.79 Å². The van der Waals surface area contributed by atoms with E-state index >= 15 is 0 Å².